The lowest BCUT2D eigenvalue weighted by Crippen LogP contribution is -2.20. The lowest BCUT2D eigenvalue weighted by molar-refractivity contribution is 0.148. The quantitative estimate of drug-likeness (QED) is 0.357. The molecule has 2 aliphatic rings. The second kappa shape index (κ2) is 17.0. The largest absolute Gasteiger partial charge is 0.474 e. The summed E-state index contributed by atoms with van der Waals surface area (Å²) in [4.78, 5) is 12.0. The molecule has 9 heteroatoms. The van der Waals surface area contributed by atoms with Crippen LogP contribution in [0.3, 0.4) is 0 Å². The van der Waals surface area contributed by atoms with Crippen LogP contribution in [-0.2, 0) is 6.54 Å². The van der Waals surface area contributed by atoms with Crippen LogP contribution >= 0.6 is 11.6 Å². The van der Waals surface area contributed by atoms with Crippen molar-refractivity contribution in [3.8, 4) is 23.9 Å². The highest BCUT2D eigenvalue weighted by atomic mass is 35.5. The molecule has 2 fully saturated rings. The summed E-state index contributed by atoms with van der Waals surface area (Å²) in [7, 11) is 0. The average molecular weight is 547 g/mol. The number of rotatable bonds is 5. The minimum Gasteiger partial charge on any atom is -0.474 e. The molecule has 3 heterocycles. The topological polar surface area (TPSA) is 131 Å². The summed E-state index contributed by atoms with van der Waals surface area (Å²) in [5, 5.41) is 17.3. The molecule has 0 saturated heterocycles. The van der Waals surface area contributed by atoms with Crippen LogP contribution in [0.25, 0.3) is 0 Å². The van der Waals surface area contributed by atoms with E-state index in [-0.39, 0.29) is 0 Å². The van der Waals surface area contributed by atoms with Crippen molar-refractivity contribution in [2.24, 2.45) is 5.73 Å². The minimum absolute atomic E-state index is 0.319. The van der Waals surface area contributed by atoms with Crippen molar-refractivity contribution >= 4 is 11.6 Å². The summed E-state index contributed by atoms with van der Waals surface area (Å²) in [5.74, 6) is 1.38. The fourth-order valence-corrected chi connectivity index (χ4v) is 4.38. The monoisotopic (exact) mass is 546 g/mol. The number of ether oxygens (including phenoxy) is 2. The van der Waals surface area contributed by atoms with E-state index in [1.165, 1.54) is 57.6 Å². The van der Waals surface area contributed by atoms with Gasteiger partial charge in [0.1, 0.15) is 29.5 Å². The van der Waals surface area contributed by atoms with E-state index in [4.69, 9.17) is 37.3 Å². The number of nitrogens with zero attached hydrogens (tertiary/aromatic N) is 5. The second-order valence-electron chi connectivity index (χ2n) is 9.44. The van der Waals surface area contributed by atoms with E-state index in [9.17, 15) is 0 Å². The van der Waals surface area contributed by atoms with Crippen molar-refractivity contribution in [3.63, 3.8) is 0 Å². The molecule has 39 heavy (non-hydrogen) atoms. The Morgan fingerprint density at radius 3 is 1.56 bits per heavy atom. The third-order valence-corrected chi connectivity index (χ3v) is 6.66. The summed E-state index contributed by atoms with van der Waals surface area (Å²) in [5.41, 5.74) is 7.65. The number of halogens is 1. The number of aromatic nitrogens is 3. The highest BCUT2D eigenvalue weighted by molar-refractivity contribution is 6.29. The third kappa shape index (κ3) is 11.3. The van der Waals surface area contributed by atoms with E-state index < -0.39 is 0 Å². The lowest BCUT2D eigenvalue weighted by atomic mass is 9.98. The van der Waals surface area contributed by atoms with Gasteiger partial charge in [-0.05, 0) is 75.1 Å². The number of nitrogens with two attached hydrogens (primary N) is 1. The SMILES string of the molecule is N#Cc1ccc(Cl)nc1.N#Cc1ccc(OC2CCCCC2)nc1.NCc1ccc(OC2CCCCC2)nc1. The molecule has 0 aliphatic heterocycles. The van der Waals surface area contributed by atoms with Gasteiger partial charge in [0.25, 0.3) is 0 Å². The molecular weight excluding hydrogens is 512 g/mol. The van der Waals surface area contributed by atoms with Crippen LogP contribution in [0.4, 0.5) is 0 Å². The van der Waals surface area contributed by atoms with E-state index in [0.29, 0.717) is 40.9 Å². The molecule has 0 aromatic carbocycles. The third-order valence-electron chi connectivity index (χ3n) is 6.43. The Bertz CT molecular complexity index is 1180. The molecule has 3 aromatic heterocycles. The highest BCUT2D eigenvalue weighted by Crippen LogP contribution is 2.23. The van der Waals surface area contributed by atoms with E-state index in [0.717, 1.165) is 24.3 Å². The summed E-state index contributed by atoms with van der Waals surface area (Å²) in [6.45, 7) is 0.538. The molecule has 2 N–H and O–H groups in total. The van der Waals surface area contributed by atoms with Gasteiger partial charge in [-0.1, -0.05) is 30.5 Å². The van der Waals surface area contributed by atoms with Crippen LogP contribution in [-0.4, -0.2) is 27.2 Å². The number of hydrogen-bond donors (Lipinski definition) is 1. The van der Waals surface area contributed by atoms with Crippen molar-refractivity contribution in [1.82, 2.24) is 15.0 Å². The standard InChI is InChI=1S/C12H18N2O.C12H14N2O.C6H3ClN2/c2*13-8-10-6-7-12(14-9-10)15-11-4-2-1-3-5-11;7-6-2-1-5(3-8)4-9-6/h6-7,9,11H,1-5,8,13H2;6-7,9,11H,1-5H2;1-2,4H. The lowest BCUT2D eigenvalue weighted by Gasteiger charge is -2.22. The molecule has 0 bridgehead atoms. The Morgan fingerprint density at radius 2 is 1.18 bits per heavy atom. The first-order valence-corrected chi connectivity index (χ1v) is 13.8. The van der Waals surface area contributed by atoms with Crippen molar-refractivity contribution < 1.29 is 9.47 Å². The molecule has 0 atom stereocenters. The van der Waals surface area contributed by atoms with Crippen LogP contribution in [0.2, 0.25) is 5.15 Å². The van der Waals surface area contributed by atoms with Crippen LogP contribution in [0.1, 0.15) is 80.9 Å². The van der Waals surface area contributed by atoms with Crippen LogP contribution in [0.15, 0.2) is 55.0 Å². The number of hydrogen-bond acceptors (Lipinski definition) is 8. The van der Waals surface area contributed by atoms with Crippen molar-refractivity contribution in [2.45, 2.75) is 83.0 Å². The van der Waals surface area contributed by atoms with Gasteiger partial charge in [-0.25, -0.2) is 15.0 Å². The first-order chi connectivity index (χ1) is 19.1. The molecule has 0 amide bonds. The minimum atomic E-state index is 0.319. The van der Waals surface area contributed by atoms with E-state index in [2.05, 4.69) is 15.0 Å². The summed E-state index contributed by atoms with van der Waals surface area (Å²) in [6.07, 6.45) is 17.8. The zero-order chi connectivity index (χ0) is 27.7. The smallest absolute Gasteiger partial charge is 0.213 e. The normalized spacial score (nSPS) is 15.3. The zero-order valence-electron chi connectivity index (χ0n) is 22.1. The Morgan fingerprint density at radius 1 is 0.692 bits per heavy atom. The van der Waals surface area contributed by atoms with Gasteiger partial charge in [0.2, 0.25) is 11.8 Å². The Kier molecular flexibility index (Phi) is 13.0. The molecule has 0 radical (unpaired) electrons. The van der Waals surface area contributed by atoms with Crippen LogP contribution in [0.5, 0.6) is 11.8 Å². The summed E-state index contributed by atoms with van der Waals surface area (Å²) >= 11 is 5.45. The molecule has 5 rings (SSSR count). The van der Waals surface area contributed by atoms with E-state index in [1.807, 2.05) is 24.3 Å². The van der Waals surface area contributed by atoms with Crippen molar-refractivity contribution in [1.29, 1.82) is 10.5 Å². The zero-order valence-corrected chi connectivity index (χ0v) is 22.9. The highest BCUT2D eigenvalue weighted by Gasteiger charge is 2.16. The van der Waals surface area contributed by atoms with Gasteiger partial charge in [0.05, 0.1) is 11.1 Å². The fraction of sp³-hybridized carbons (Fsp3) is 0.433. The first kappa shape index (κ1) is 29.8. The molecule has 8 nitrogen and oxygen atoms in total. The van der Waals surface area contributed by atoms with Gasteiger partial charge in [-0.15, -0.1) is 0 Å². The maximum Gasteiger partial charge on any atom is 0.213 e. The molecule has 204 valence electrons. The number of pyridine rings is 3. The van der Waals surface area contributed by atoms with E-state index in [1.54, 1.807) is 36.7 Å². The molecule has 2 saturated carbocycles. The van der Waals surface area contributed by atoms with Gasteiger partial charge in [0.15, 0.2) is 0 Å². The van der Waals surface area contributed by atoms with Gasteiger partial charge < -0.3 is 15.2 Å². The van der Waals surface area contributed by atoms with Gasteiger partial charge in [-0.2, -0.15) is 10.5 Å². The number of nitriles is 2. The van der Waals surface area contributed by atoms with Crippen molar-refractivity contribution in [3.05, 3.63) is 76.8 Å². The molecule has 3 aromatic rings. The summed E-state index contributed by atoms with van der Waals surface area (Å²) < 4.78 is 11.5. The molecular formula is C30H35ClN6O2. The maximum absolute atomic E-state index is 8.62. The molecule has 2 aliphatic carbocycles. The van der Waals surface area contributed by atoms with Gasteiger partial charge >= 0.3 is 0 Å². The Balaban J connectivity index is 0.000000167. The van der Waals surface area contributed by atoms with Gasteiger partial charge in [0, 0.05) is 37.3 Å². The fourth-order valence-electron chi connectivity index (χ4n) is 4.27. The van der Waals surface area contributed by atoms with Gasteiger partial charge in [-0.3, -0.25) is 0 Å². The first-order valence-electron chi connectivity index (χ1n) is 13.5. The predicted octanol–water partition coefficient (Wildman–Crippen LogP) is 6.52. The Labute approximate surface area is 235 Å². The maximum atomic E-state index is 8.62. The molecule has 0 spiro atoms. The average Bonchev–Trinajstić information content (AvgIpc) is 3.00. The van der Waals surface area contributed by atoms with E-state index >= 15 is 0 Å². The summed E-state index contributed by atoms with van der Waals surface area (Å²) in [6, 6.07) is 14.6. The predicted molar refractivity (Wildman–Crippen MR) is 150 cm³/mol. The van der Waals surface area contributed by atoms with Crippen LogP contribution in [0, 0.1) is 22.7 Å². The van der Waals surface area contributed by atoms with Crippen molar-refractivity contribution in [2.75, 3.05) is 0 Å². The molecule has 0 unspecified atom stereocenters. The second-order valence-corrected chi connectivity index (χ2v) is 9.83. The van der Waals surface area contributed by atoms with Crippen LogP contribution < -0.4 is 15.2 Å². The Hall–Kier alpha value is -3.72.